The fraction of sp³-hybridized carbons (Fsp3) is 0.143. The van der Waals surface area contributed by atoms with Crippen LogP contribution in [0.5, 0.6) is 0 Å². The molecule has 0 saturated heterocycles. The summed E-state index contributed by atoms with van der Waals surface area (Å²) in [4.78, 5) is 0. The Morgan fingerprint density at radius 3 is 2.44 bits per heavy atom. The molecule has 18 heavy (non-hydrogen) atoms. The molecular formula is C14H12Al2NO. The largest absolute Gasteiger partial charge is 0.580 e. The van der Waals surface area contributed by atoms with Crippen LogP contribution in [-0.4, -0.2) is 32.0 Å². The van der Waals surface area contributed by atoms with Crippen LogP contribution >= 0.6 is 0 Å². The molecule has 0 aliphatic heterocycles. The van der Waals surface area contributed by atoms with Gasteiger partial charge in [0.1, 0.15) is 11.2 Å². The van der Waals surface area contributed by atoms with Crippen LogP contribution in [0.25, 0.3) is 21.9 Å². The van der Waals surface area contributed by atoms with Gasteiger partial charge in [0.15, 0.2) is 0 Å². The fourth-order valence-electron chi connectivity index (χ4n) is 2.19. The van der Waals surface area contributed by atoms with E-state index in [0.717, 1.165) is 11.2 Å². The Kier molecular flexibility index (Phi) is 3.14. The van der Waals surface area contributed by atoms with Crippen molar-refractivity contribution < 1.29 is 4.42 Å². The summed E-state index contributed by atoms with van der Waals surface area (Å²) in [6.07, 6.45) is 0. The summed E-state index contributed by atoms with van der Waals surface area (Å²) in [7, 11) is 0. The van der Waals surface area contributed by atoms with Gasteiger partial charge in [0.05, 0.1) is 0 Å². The van der Waals surface area contributed by atoms with E-state index in [1.807, 2.05) is 6.07 Å². The van der Waals surface area contributed by atoms with E-state index >= 15 is 0 Å². The normalized spacial score (nSPS) is 11.0. The van der Waals surface area contributed by atoms with E-state index in [2.05, 4.69) is 62.4 Å². The predicted octanol–water partition coefficient (Wildman–Crippen LogP) is 3.45. The van der Waals surface area contributed by atoms with Gasteiger partial charge in [-0.1, -0.05) is 17.4 Å². The summed E-state index contributed by atoms with van der Waals surface area (Å²) in [5.41, 5.74) is 4.42. The Balaban J connectivity index is 2.30. The maximum Gasteiger partial charge on any atom is 0.338 e. The van der Waals surface area contributed by atoms with Crippen molar-refractivity contribution in [3.63, 3.8) is 0 Å². The average molecular weight is 264 g/mol. The Hall–Kier alpha value is -0.895. The second kappa shape index (κ2) is 4.65. The van der Waals surface area contributed by atoms with E-state index in [9.17, 15) is 0 Å². The molecule has 1 aromatic heterocycles. The Morgan fingerprint density at radius 1 is 1.06 bits per heavy atom. The zero-order valence-corrected chi connectivity index (χ0v) is 12.8. The summed E-state index contributed by atoms with van der Waals surface area (Å²) >= 11 is 3.04. The van der Waals surface area contributed by atoms with E-state index in [-0.39, 0.29) is 15.4 Å². The molecule has 0 aliphatic rings. The lowest BCUT2D eigenvalue weighted by molar-refractivity contribution is 0.669. The zero-order valence-electron chi connectivity index (χ0n) is 10.5. The highest BCUT2D eigenvalue weighted by atomic mass is 27.2. The molecule has 0 aliphatic carbocycles. The smallest absolute Gasteiger partial charge is 0.338 e. The van der Waals surface area contributed by atoms with Crippen molar-refractivity contribution in [3.8, 4) is 0 Å². The summed E-state index contributed by atoms with van der Waals surface area (Å²) in [5.74, 6) is 2.22. The molecule has 2 nitrogen and oxygen atoms in total. The number of hydrogen-bond acceptors (Lipinski definition) is 2. The number of rotatable bonds is 2. The summed E-state index contributed by atoms with van der Waals surface area (Å²) in [6, 6.07) is 12.7. The molecule has 4 heteroatoms. The van der Waals surface area contributed by atoms with Crippen LogP contribution in [0.4, 0.5) is 5.69 Å². The lowest BCUT2D eigenvalue weighted by Gasteiger charge is -2.19. The molecular weight excluding hydrogens is 252 g/mol. The van der Waals surface area contributed by atoms with E-state index in [1.54, 1.807) is 0 Å². The minimum Gasteiger partial charge on any atom is -0.580 e. The Morgan fingerprint density at radius 2 is 1.72 bits per heavy atom. The highest BCUT2D eigenvalue weighted by molar-refractivity contribution is 6.54. The maximum absolute atomic E-state index is 5.86. The first kappa shape index (κ1) is 12.2. The molecule has 0 fully saturated rings. The number of furan rings is 1. The van der Waals surface area contributed by atoms with Crippen molar-refractivity contribution >= 4 is 59.6 Å². The van der Waals surface area contributed by atoms with Crippen LogP contribution in [-0.2, 0) is 0 Å². The topological polar surface area (TPSA) is 16.4 Å². The third kappa shape index (κ3) is 1.97. The van der Waals surface area contributed by atoms with Crippen molar-refractivity contribution in [1.82, 2.24) is 0 Å². The summed E-state index contributed by atoms with van der Waals surface area (Å²) in [5, 5.41) is 2.41. The van der Waals surface area contributed by atoms with Crippen LogP contribution in [0.2, 0.25) is 5.79 Å². The van der Waals surface area contributed by atoms with Gasteiger partial charge in [0.2, 0.25) is 0 Å². The minimum atomic E-state index is 0.263. The number of anilines is 1. The Bertz CT molecular complexity index is 720. The quantitative estimate of drug-likeness (QED) is 0.659. The number of aryl methyl sites for hydroxylation is 1. The fourth-order valence-corrected chi connectivity index (χ4v) is 2.81. The van der Waals surface area contributed by atoms with Crippen LogP contribution < -0.4 is 2.87 Å². The van der Waals surface area contributed by atoms with Gasteiger partial charge in [-0.2, -0.15) is 0 Å². The lowest BCUT2D eigenvalue weighted by Crippen LogP contribution is -2.20. The van der Waals surface area contributed by atoms with Crippen LogP contribution in [0.1, 0.15) is 5.56 Å². The maximum atomic E-state index is 5.86. The second-order valence-electron chi connectivity index (χ2n) is 4.45. The molecule has 0 spiro atoms. The van der Waals surface area contributed by atoms with Gasteiger partial charge in [-0.15, -0.1) is 0 Å². The monoisotopic (exact) mass is 264 g/mol. The summed E-state index contributed by atoms with van der Waals surface area (Å²) < 4.78 is 8.09. The molecule has 2 aromatic carbocycles. The standard InChI is InChI=1S/C13H9NO.CH3.2Al/c1-8-2-4-12-10(6-8)11-7-9(14)3-5-13(11)15-12;;;/h2-7H,1H3;1H3;;. The Labute approximate surface area is 121 Å². The van der Waals surface area contributed by atoms with E-state index in [4.69, 9.17) is 4.42 Å². The van der Waals surface area contributed by atoms with Gasteiger partial charge >= 0.3 is 15.4 Å². The first-order valence-corrected chi connectivity index (χ1v) is 8.14. The van der Waals surface area contributed by atoms with E-state index in [1.165, 1.54) is 22.0 Å². The molecule has 85 valence electrons. The summed E-state index contributed by atoms with van der Waals surface area (Å²) in [6.45, 7) is 2.11. The molecule has 0 bridgehead atoms. The van der Waals surface area contributed by atoms with E-state index in [0.29, 0.717) is 0 Å². The highest BCUT2D eigenvalue weighted by Gasteiger charge is 2.08. The molecule has 0 amide bonds. The molecule has 3 rings (SSSR count). The molecule has 3 aromatic rings. The number of benzene rings is 2. The predicted molar refractivity (Wildman–Crippen MR) is 78.3 cm³/mol. The van der Waals surface area contributed by atoms with Crippen LogP contribution in [0, 0.1) is 6.92 Å². The minimum absolute atomic E-state index is 0.263. The number of nitrogens with zero attached hydrogens (tertiary/aromatic N) is 1. The van der Waals surface area contributed by atoms with Gasteiger partial charge in [-0.05, 0) is 42.9 Å². The highest BCUT2D eigenvalue weighted by Crippen LogP contribution is 2.31. The molecule has 0 saturated carbocycles. The van der Waals surface area contributed by atoms with Crippen molar-refractivity contribution in [2.24, 2.45) is 0 Å². The molecule has 0 unspecified atom stereocenters. The first-order valence-electron chi connectivity index (χ1n) is 5.95. The van der Waals surface area contributed by atoms with E-state index < -0.39 is 0 Å². The third-order valence-corrected chi connectivity index (χ3v) is 5.23. The molecule has 3 radical (unpaired) electrons. The SMILES string of the molecule is [CH3][Al][N]([Al])c1ccc2oc3ccc(C)cc3c2c1. The lowest BCUT2D eigenvalue weighted by atomic mass is 10.1. The van der Waals surface area contributed by atoms with Crippen molar-refractivity contribution in [2.45, 2.75) is 12.7 Å². The number of hydrogen-bond donors (Lipinski definition) is 0. The zero-order chi connectivity index (χ0) is 12.7. The van der Waals surface area contributed by atoms with Crippen molar-refractivity contribution in [1.29, 1.82) is 0 Å². The molecule has 0 atom stereocenters. The molecule has 0 N–H and O–H groups in total. The third-order valence-electron chi connectivity index (χ3n) is 3.18. The second-order valence-corrected chi connectivity index (χ2v) is 6.67. The first-order chi connectivity index (χ1) is 8.69. The number of fused-ring (bicyclic) bond motifs is 3. The van der Waals surface area contributed by atoms with Crippen molar-refractivity contribution in [3.05, 3.63) is 42.0 Å². The average Bonchev–Trinajstić information content (AvgIpc) is 2.75. The van der Waals surface area contributed by atoms with Crippen molar-refractivity contribution in [2.75, 3.05) is 2.87 Å². The van der Waals surface area contributed by atoms with Crippen LogP contribution in [0.15, 0.2) is 40.8 Å². The van der Waals surface area contributed by atoms with Gasteiger partial charge in [-0.3, -0.25) is 0 Å². The van der Waals surface area contributed by atoms with Crippen LogP contribution in [0.3, 0.4) is 0 Å². The van der Waals surface area contributed by atoms with Gasteiger partial charge in [0, 0.05) is 10.8 Å². The molecule has 1 heterocycles. The van der Waals surface area contributed by atoms with Gasteiger partial charge in [-0.25, -0.2) is 0 Å². The van der Waals surface area contributed by atoms with Gasteiger partial charge in [0.25, 0.3) is 16.5 Å². The van der Waals surface area contributed by atoms with Gasteiger partial charge < -0.3 is 7.28 Å².